The second-order valence-corrected chi connectivity index (χ2v) is 5.21. The third-order valence-electron chi connectivity index (χ3n) is 3.09. The molecule has 0 heterocycles. The third kappa shape index (κ3) is 2.74. The zero-order valence-corrected chi connectivity index (χ0v) is 12.2. The first kappa shape index (κ1) is 13.5. The molecule has 0 unspecified atom stereocenters. The average Bonchev–Trinajstić information content (AvgIpc) is 2.45. The number of nitrogens with zero attached hydrogens (tertiary/aromatic N) is 2. The van der Waals surface area contributed by atoms with Gasteiger partial charge in [-0.05, 0) is 43.0 Å². The molecule has 0 aliphatic rings. The maximum atomic E-state index is 9.39. The van der Waals surface area contributed by atoms with Gasteiger partial charge >= 0.3 is 0 Å². The number of rotatable bonds is 3. The highest BCUT2D eigenvalue weighted by Gasteiger charge is 2.12. The molecule has 0 fully saturated rings. The van der Waals surface area contributed by atoms with Crippen molar-refractivity contribution in [1.29, 1.82) is 5.26 Å². The average molecular weight is 268 g/mol. The van der Waals surface area contributed by atoms with Crippen molar-refractivity contribution in [3.63, 3.8) is 0 Å². The molecule has 0 N–H and O–H groups in total. The van der Waals surface area contributed by atoms with Crippen LogP contribution < -0.4 is 4.90 Å². The van der Waals surface area contributed by atoms with E-state index in [4.69, 9.17) is 0 Å². The minimum absolute atomic E-state index is 0.735. The fraction of sp³-hybridized carbons (Fsp3) is 0.188. The quantitative estimate of drug-likeness (QED) is 0.774. The molecule has 3 heteroatoms. The molecular formula is C16H16N2S. The van der Waals surface area contributed by atoms with Gasteiger partial charge < -0.3 is 4.90 Å². The van der Waals surface area contributed by atoms with E-state index < -0.39 is 0 Å². The van der Waals surface area contributed by atoms with E-state index in [9.17, 15) is 5.26 Å². The van der Waals surface area contributed by atoms with Crippen LogP contribution in [0.25, 0.3) is 0 Å². The van der Waals surface area contributed by atoms with Gasteiger partial charge in [-0.2, -0.15) is 5.26 Å². The molecule has 0 radical (unpaired) electrons. The lowest BCUT2D eigenvalue weighted by molar-refractivity contribution is 1.17. The van der Waals surface area contributed by atoms with Crippen molar-refractivity contribution < 1.29 is 0 Å². The summed E-state index contributed by atoms with van der Waals surface area (Å²) < 4.78 is 0. The van der Waals surface area contributed by atoms with Gasteiger partial charge in [-0.25, -0.2) is 0 Å². The van der Waals surface area contributed by atoms with Gasteiger partial charge in [0, 0.05) is 17.6 Å². The largest absolute Gasteiger partial charge is 0.344 e. The molecule has 0 aromatic heterocycles. The Balaban J connectivity index is 2.50. The first-order chi connectivity index (χ1) is 9.17. The summed E-state index contributed by atoms with van der Waals surface area (Å²) in [6, 6.07) is 16.6. The van der Waals surface area contributed by atoms with E-state index in [1.165, 1.54) is 5.56 Å². The molecule has 0 spiro atoms. The fourth-order valence-electron chi connectivity index (χ4n) is 2.06. The Morgan fingerprint density at radius 1 is 1.16 bits per heavy atom. The molecule has 0 saturated carbocycles. The van der Waals surface area contributed by atoms with Gasteiger partial charge in [-0.3, -0.25) is 0 Å². The predicted octanol–water partition coefficient (Wildman–Crippen LogP) is 4.36. The molecule has 0 aliphatic carbocycles. The molecule has 0 saturated heterocycles. The molecule has 2 aromatic rings. The minimum Gasteiger partial charge on any atom is -0.344 e. The molecule has 2 nitrogen and oxygen atoms in total. The Hall–Kier alpha value is -1.92. The van der Waals surface area contributed by atoms with Crippen molar-refractivity contribution in [2.75, 3.05) is 18.2 Å². The number of aryl methyl sites for hydroxylation is 1. The van der Waals surface area contributed by atoms with Crippen LogP contribution in [0.5, 0.6) is 0 Å². The normalized spacial score (nSPS) is 10.0. The van der Waals surface area contributed by atoms with Crippen LogP contribution in [0.1, 0.15) is 11.1 Å². The maximum absolute atomic E-state index is 9.39. The van der Waals surface area contributed by atoms with Crippen LogP contribution in [-0.2, 0) is 0 Å². The van der Waals surface area contributed by atoms with Gasteiger partial charge in [0.25, 0.3) is 0 Å². The van der Waals surface area contributed by atoms with E-state index in [1.54, 1.807) is 11.8 Å². The van der Waals surface area contributed by atoms with Gasteiger partial charge in [0.2, 0.25) is 0 Å². The second kappa shape index (κ2) is 5.81. The summed E-state index contributed by atoms with van der Waals surface area (Å²) in [4.78, 5) is 3.07. The first-order valence-corrected chi connectivity index (χ1v) is 7.27. The minimum atomic E-state index is 0.735. The van der Waals surface area contributed by atoms with E-state index in [1.807, 2.05) is 37.6 Å². The van der Waals surface area contributed by atoms with Crippen molar-refractivity contribution >= 4 is 23.1 Å². The van der Waals surface area contributed by atoms with Crippen LogP contribution in [0.2, 0.25) is 0 Å². The Morgan fingerprint density at radius 2 is 1.89 bits per heavy atom. The van der Waals surface area contributed by atoms with E-state index in [2.05, 4.69) is 36.1 Å². The predicted molar refractivity (Wildman–Crippen MR) is 82.2 cm³/mol. The summed E-state index contributed by atoms with van der Waals surface area (Å²) in [7, 11) is 2.00. The molecule has 0 atom stereocenters. The second-order valence-electron chi connectivity index (χ2n) is 4.36. The van der Waals surface area contributed by atoms with Gasteiger partial charge in [-0.15, -0.1) is 11.8 Å². The number of benzene rings is 2. The highest BCUT2D eigenvalue weighted by molar-refractivity contribution is 7.98. The first-order valence-electron chi connectivity index (χ1n) is 6.05. The smallest absolute Gasteiger partial charge is 0.103 e. The third-order valence-corrected chi connectivity index (χ3v) is 3.87. The summed E-state index contributed by atoms with van der Waals surface area (Å²) in [6.45, 7) is 2.07. The Kier molecular flexibility index (Phi) is 4.13. The van der Waals surface area contributed by atoms with E-state index in [0.717, 1.165) is 21.8 Å². The molecule has 0 amide bonds. The zero-order chi connectivity index (χ0) is 13.8. The molecule has 0 bridgehead atoms. The van der Waals surface area contributed by atoms with Gasteiger partial charge in [0.05, 0.1) is 11.3 Å². The van der Waals surface area contributed by atoms with Crippen molar-refractivity contribution in [3.8, 4) is 6.07 Å². The molecular weight excluding hydrogens is 252 g/mol. The fourth-order valence-corrected chi connectivity index (χ4v) is 2.63. The summed E-state index contributed by atoms with van der Waals surface area (Å²) in [6.07, 6.45) is 1.99. The lowest BCUT2D eigenvalue weighted by Gasteiger charge is -2.22. The topological polar surface area (TPSA) is 27.0 Å². The number of hydrogen-bond donors (Lipinski definition) is 0. The van der Waals surface area contributed by atoms with Gasteiger partial charge in [0.15, 0.2) is 0 Å². The highest BCUT2D eigenvalue weighted by Crippen LogP contribution is 2.32. The molecule has 0 aliphatic heterocycles. The van der Waals surface area contributed by atoms with Crippen LogP contribution in [-0.4, -0.2) is 13.3 Å². The van der Waals surface area contributed by atoms with E-state index in [0.29, 0.717) is 0 Å². The Labute approximate surface area is 118 Å². The van der Waals surface area contributed by atoms with E-state index in [-0.39, 0.29) is 0 Å². The van der Waals surface area contributed by atoms with Crippen LogP contribution >= 0.6 is 11.8 Å². The molecule has 2 rings (SSSR count). The van der Waals surface area contributed by atoms with Crippen LogP contribution in [0.3, 0.4) is 0 Å². The Bertz CT molecular complexity index is 629. The van der Waals surface area contributed by atoms with E-state index >= 15 is 0 Å². The van der Waals surface area contributed by atoms with Crippen molar-refractivity contribution in [1.82, 2.24) is 0 Å². The molecule has 96 valence electrons. The molecule has 19 heavy (non-hydrogen) atoms. The number of nitriles is 1. The SMILES string of the molecule is CSc1cccc(N(C)c2cccc(C)c2)c1C#N. The summed E-state index contributed by atoms with van der Waals surface area (Å²) in [5.74, 6) is 0. The van der Waals surface area contributed by atoms with Gasteiger partial charge in [-0.1, -0.05) is 18.2 Å². The summed E-state index contributed by atoms with van der Waals surface area (Å²) >= 11 is 1.60. The van der Waals surface area contributed by atoms with Crippen molar-refractivity contribution in [3.05, 3.63) is 53.6 Å². The standard InChI is InChI=1S/C16H16N2S/c1-12-6-4-7-13(10-12)18(2)15-8-5-9-16(19-3)14(15)11-17/h4-10H,1-3H3. The summed E-state index contributed by atoms with van der Waals surface area (Å²) in [5, 5.41) is 9.39. The number of anilines is 2. The lowest BCUT2D eigenvalue weighted by atomic mass is 10.1. The highest BCUT2D eigenvalue weighted by atomic mass is 32.2. The maximum Gasteiger partial charge on any atom is 0.103 e. The van der Waals surface area contributed by atoms with Crippen LogP contribution in [0, 0.1) is 18.3 Å². The van der Waals surface area contributed by atoms with Crippen molar-refractivity contribution in [2.24, 2.45) is 0 Å². The van der Waals surface area contributed by atoms with Crippen LogP contribution in [0.15, 0.2) is 47.4 Å². The zero-order valence-electron chi connectivity index (χ0n) is 11.3. The lowest BCUT2D eigenvalue weighted by Crippen LogP contribution is -2.11. The summed E-state index contributed by atoms with van der Waals surface area (Å²) in [5.41, 5.74) is 3.98. The van der Waals surface area contributed by atoms with Crippen LogP contribution in [0.4, 0.5) is 11.4 Å². The van der Waals surface area contributed by atoms with Crippen molar-refractivity contribution in [2.45, 2.75) is 11.8 Å². The monoisotopic (exact) mass is 268 g/mol. The number of thioether (sulfide) groups is 1. The van der Waals surface area contributed by atoms with Gasteiger partial charge in [0.1, 0.15) is 6.07 Å². The Morgan fingerprint density at radius 3 is 2.53 bits per heavy atom. The number of hydrogen-bond acceptors (Lipinski definition) is 3. The molecule has 2 aromatic carbocycles.